The van der Waals surface area contributed by atoms with E-state index in [-0.39, 0.29) is 30.4 Å². The molecule has 1 saturated heterocycles. The van der Waals surface area contributed by atoms with Crippen LogP contribution in [-0.4, -0.2) is 69.1 Å². The summed E-state index contributed by atoms with van der Waals surface area (Å²) in [6, 6.07) is 24.6. The lowest BCUT2D eigenvalue weighted by Gasteiger charge is -2.32. The molecule has 1 unspecified atom stereocenters. The minimum atomic E-state index is -0.597. The van der Waals surface area contributed by atoms with Gasteiger partial charge in [0.25, 0.3) is 0 Å². The summed E-state index contributed by atoms with van der Waals surface area (Å²) in [4.78, 5) is 26.4. The van der Waals surface area contributed by atoms with Crippen molar-refractivity contribution in [3.8, 4) is 11.4 Å². The molecule has 1 aromatic heterocycles. The molecule has 0 aliphatic carbocycles. The van der Waals surface area contributed by atoms with Gasteiger partial charge in [-0.05, 0) is 62.3 Å². The Morgan fingerprint density at radius 3 is 2.31 bits per heavy atom. The van der Waals surface area contributed by atoms with Crippen LogP contribution in [0.25, 0.3) is 5.69 Å². The largest absolute Gasteiger partial charge is 0.464 e. The number of aromatic nitrogens is 3. The first kappa shape index (κ1) is 35.3. The monoisotopic (exact) mass is 686 g/mol. The molecule has 0 spiro atoms. The molecule has 1 aliphatic heterocycles. The number of alkyl carbamates (subject to hydrolysis) is 1. The first-order valence-electron chi connectivity index (χ1n) is 16.4. The van der Waals surface area contributed by atoms with Gasteiger partial charge in [-0.25, -0.2) is 14.3 Å². The average molecular weight is 687 g/mol. The fourth-order valence-electron chi connectivity index (χ4n) is 5.35. The van der Waals surface area contributed by atoms with Gasteiger partial charge in [0.1, 0.15) is 24.0 Å². The first-order valence-corrected chi connectivity index (χ1v) is 16.8. The van der Waals surface area contributed by atoms with Crippen molar-refractivity contribution in [2.24, 2.45) is 5.73 Å². The molecule has 1 aliphatic rings. The fraction of sp³-hybridized carbons (Fsp3) is 0.361. The van der Waals surface area contributed by atoms with E-state index in [1.54, 1.807) is 15.6 Å². The van der Waals surface area contributed by atoms with E-state index < -0.39 is 12.4 Å². The maximum atomic E-state index is 12.5. The van der Waals surface area contributed by atoms with Gasteiger partial charge in [0.05, 0.1) is 29.2 Å². The van der Waals surface area contributed by atoms with Crippen molar-refractivity contribution in [1.29, 1.82) is 0 Å². The van der Waals surface area contributed by atoms with E-state index in [4.69, 9.17) is 36.9 Å². The van der Waals surface area contributed by atoms with Crippen molar-refractivity contribution >= 4 is 29.4 Å². The summed E-state index contributed by atoms with van der Waals surface area (Å²) in [6.07, 6.45) is 4.02. The third-order valence-electron chi connectivity index (χ3n) is 7.96. The molecule has 49 heavy (non-hydrogen) atoms. The number of carbonyl (C=O) groups excluding carboxylic acids is 2. The lowest BCUT2D eigenvalue weighted by Crippen LogP contribution is -2.42. The number of likely N-dealkylation sites (tertiary alicyclic amines) is 1. The molecule has 5 rings (SSSR count). The second kappa shape index (κ2) is 17.9. The van der Waals surface area contributed by atoms with E-state index >= 15 is 0 Å². The number of nitrogens with zero attached hydrogens (tertiary/aromatic N) is 4. The van der Waals surface area contributed by atoms with E-state index in [0.717, 1.165) is 35.3 Å². The SMILES string of the molecule is CC(Oc1cc(-n2cc(CCCCNC(=O)OCc3ccccc3)nn2)ccc1C(N)=S)OC1CCN(C(=O)OCc2ccccc2)CC1. The zero-order chi connectivity index (χ0) is 34.4. The number of amides is 2. The Morgan fingerprint density at radius 2 is 1.63 bits per heavy atom. The number of benzene rings is 3. The smallest absolute Gasteiger partial charge is 0.410 e. The van der Waals surface area contributed by atoms with Gasteiger partial charge in [-0.2, -0.15) is 0 Å². The number of nitrogens with one attached hydrogen (secondary N) is 1. The summed E-state index contributed by atoms with van der Waals surface area (Å²) in [7, 11) is 0. The van der Waals surface area contributed by atoms with Crippen molar-refractivity contribution in [1.82, 2.24) is 25.2 Å². The minimum absolute atomic E-state index is 0.0855. The molecule has 12 nitrogen and oxygen atoms in total. The number of piperidine rings is 1. The minimum Gasteiger partial charge on any atom is -0.464 e. The molecule has 0 saturated carbocycles. The molecule has 258 valence electrons. The Bertz CT molecular complexity index is 1660. The summed E-state index contributed by atoms with van der Waals surface area (Å²) in [5, 5.41) is 11.4. The summed E-state index contributed by atoms with van der Waals surface area (Å²) < 4.78 is 24.8. The second-order valence-corrected chi connectivity index (χ2v) is 12.1. The van der Waals surface area contributed by atoms with Gasteiger partial charge in [0.15, 0.2) is 6.29 Å². The normalized spacial score (nSPS) is 13.8. The van der Waals surface area contributed by atoms with E-state index in [1.807, 2.05) is 85.9 Å². The highest BCUT2D eigenvalue weighted by molar-refractivity contribution is 7.80. The fourth-order valence-corrected chi connectivity index (χ4v) is 5.52. The van der Waals surface area contributed by atoms with Gasteiger partial charge in [0, 0.05) is 25.7 Å². The Kier molecular flexibility index (Phi) is 12.9. The van der Waals surface area contributed by atoms with Gasteiger partial charge in [-0.3, -0.25) is 0 Å². The quantitative estimate of drug-likeness (QED) is 0.0909. The van der Waals surface area contributed by atoms with Crippen molar-refractivity contribution in [3.05, 3.63) is 107 Å². The number of hydrogen-bond acceptors (Lipinski definition) is 9. The van der Waals surface area contributed by atoms with E-state index in [9.17, 15) is 9.59 Å². The molecule has 2 amide bonds. The number of hydrogen-bond donors (Lipinski definition) is 2. The summed E-state index contributed by atoms with van der Waals surface area (Å²) in [6.45, 7) is 3.87. The van der Waals surface area contributed by atoms with Crippen LogP contribution in [0.4, 0.5) is 9.59 Å². The zero-order valence-electron chi connectivity index (χ0n) is 27.5. The predicted octanol–water partition coefficient (Wildman–Crippen LogP) is 5.69. The lowest BCUT2D eigenvalue weighted by atomic mass is 10.1. The van der Waals surface area contributed by atoms with Crippen LogP contribution < -0.4 is 15.8 Å². The molecule has 1 fully saturated rings. The van der Waals surface area contributed by atoms with Crippen LogP contribution in [0, 0.1) is 0 Å². The summed E-state index contributed by atoms with van der Waals surface area (Å²) in [5.74, 6) is 0.474. The highest BCUT2D eigenvalue weighted by Gasteiger charge is 2.26. The molecule has 2 heterocycles. The van der Waals surface area contributed by atoms with Crippen LogP contribution in [0.1, 0.15) is 55.0 Å². The predicted molar refractivity (Wildman–Crippen MR) is 187 cm³/mol. The first-order chi connectivity index (χ1) is 23.8. The Balaban J connectivity index is 1.05. The zero-order valence-corrected chi connectivity index (χ0v) is 28.3. The summed E-state index contributed by atoms with van der Waals surface area (Å²) in [5.41, 5.74) is 10.0. The van der Waals surface area contributed by atoms with Crippen LogP contribution in [0.15, 0.2) is 85.1 Å². The van der Waals surface area contributed by atoms with Gasteiger partial charge < -0.3 is 34.9 Å². The molecule has 0 radical (unpaired) electrons. The number of thiocarbonyl (C=S) groups is 1. The average Bonchev–Trinajstić information content (AvgIpc) is 3.59. The highest BCUT2D eigenvalue weighted by Crippen LogP contribution is 2.26. The number of ether oxygens (including phenoxy) is 4. The number of aryl methyl sites for hydroxylation is 1. The van der Waals surface area contributed by atoms with Crippen molar-refractivity contribution in [2.45, 2.75) is 64.6 Å². The van der Waals surface area contributed by atoms with Gasteiger partial charge >= 0.3 is 12.2 Å². The Morgan fingerprint density at radius 1 is 0.959 bits per heavy atom. The van der Waals surface area contributed by atoms with E-state index in [0.29, 0.717) is 50.2 Å². The Hall–Kier alpha value is -5.01. The molecule has 13 heteroatoms. The Labute approximate surface area is 291 Å². The second-order valence-electron chi connectivity index (χ2n) is 11.7. The van der Waals surface area contributed by atoms with Crippen LogP contribution in [0.3, 0.4) is 0 Å². The third kappa shape index (κ3) is 11.0. The standard InChI is InChI=1S/C36H42N6O6S/c1-26(47-31-17-20-41(21-18-31)36(44)46-25-28-12-6-3-7-13-28)48-33-22-30(15-16-32(33)34(37)49)42-23-29(39-40-42)14-8-9-19-38-35(43)45-24-27-10-4-2-5-11-27/h2-7,10-13,15-16,22-23,26,31H,8-9,14,17-21,24-25H2,1H3,(H2,37,49)(H,38,43). The third-order valence-corrected chi connectivity index (χ3v) is 8.18. The number of nitrogens with two attached hydrogens (primary N) is 1. The van der Waals surface area contributed by atoms with Gasteiger partial charge in [-0.15, -0.1) is 5.10 Å². The molecular formula is C36H42N6O6S. The number of unbranched alkanes of at least 4 members (excludes halogenated alkanes) is 1. The molecule has 3 aromatic carbocycles. The maximum absolute atomic E-state index is 12.5. The highest BCUT2D eigenvalue weighted by atomic mass is 32.1. The van der Waals surface area contributed by atoms with Crippen LogP contribution in [0.2, 0.25) is 0 Å². The molecule has 3 N–H and O–H groups in total. The molecule has 4 aromatic rings. The van der Waals surface area contributed by atoms with Crippen LogP contribution in [0.5, 0.6) is 5.75 Å². The van der Waals surface area contributed by atoms with Crippen LogP contribution >= 0.6 is 12.2 Å². The van der Waals surface area contributed by atoms with Crippen molar-refractivity contribution < 1.29 is 28.5 Å². The lowest BCUT2D eigenvalue weighted by molar-refractivity contribution is -0.121. The van der Waals surface area contributed by atoms with E-state index in [2.05, 4.69) is 15.6 Å². The molecule has 1 atom stereocenters. The molecular weight excluding hydrogens is 644 g/mol. The summed E-state index contributed by atoms with van der Waals surface area (Å²) >= 11 is 5.28. The molecule has 0 bridgehead atoms. The number of carbonyl (C=O) groups is 2. The van der Waals surface area contributed by atoms with Gasteiger partial charge in [0.2, 0.25) is 0 Å². The number of rotatable bonds is 15. The van der Waals surface area contributed by atoms with Crippen molar-refractivity contribution in [3.63, 3.8) is 0 Å². The van der Waals surface area contributed by atoms with Gasteiger partial charge in [-0.1, -0.05) is 78.1 Å². The topological polar surface area (TPSA) is 143 Å². The maximum Gasteiger partial charge on any atom is 0.410 e. The van der Waals surface area contributed by atoms with Crippen LogP contribution in [-0.2, 0) is 33.8 Å². The van der Waals surface area contributed by atoms with E-state index in [1.165, 1.54) is 0 Å². The van der Waals surface area contributed by atoms with Crippen molar-refractivity contribution in [2.75, 3.05) is 19.6 Å².